The predicted molar refractivity (Wildman–Crippen MR) is 134 cm³/mol. The zero-order valence-corrected chi connectivity index (χ0v) is 22.4. The molecule has 3 aliphatic rings. The minimum Gasteiger partial charge on any atom is -0.444 e. The summed E-state index contributed by atoms with van der Waals surface area (Å²) in [5.74, 6) is 0. The summed E-state index contributed by atoms with van der Waals surface area (Å²) < 4.78 is 28.5. The third-order valence-corrected chi connectivity index (χ3v) is 7.07. The number of aliphatic hydroxyl groups is 5. The van der Waals surface area contributed by atoms with Crippen LogP contribution in [0.15, 0.2) is 0 Å². The number of carbonyl (C=O) groups excluding carboxylic acids is 1. The second-order valence-corrected chi connectivity index (χ2v) is 11.4. The monoisotopic (exact) mass is 567 g/mol. The number of nitrogens with one attached hydrogen (secondary N) is 1. The van der Waals surface area contributed by atoms with Gasteiger partial charge in [-0.05, 0) is 33.6 Å². The van der Waals surface area contributed by atoms with Gasteiger partial charge >= 0.3 is 6.09 Å². The molecule has 0 spiro atoms. The van der Waals surface area contributed by atoms with Crippen LogP contribution >= 0.6 is 0 Å². The van der Waals surface area contributed by atoms with Crippen molar-refractivity contribution in [2.45, 2.75) is 125 Å². The molecule has 16 heteroatoms. The minimum absolute atomic E-state index is 0.00774. The highest BCUT2D eigenvalue weighted by atomic mass is 16.7. The summed E-state index contributed by atoms with van der Waals surface area (Å²) in [7, 11) is 0. The lowest BCUT2D eigenvalue weighted by Crippen LogP contribution is -2.69. The van der Waals surface area contributed by atoms with Gasteiger partial charge in [-0.2, -0.15) is 0 Å². The van der Waals surface area contributed by atoms with Crippen LogP contribution in [0.1, 0.15) is 33.6 Å². The minimum atomic E-state index is -1.53. The maximum absolute atomic E-state index is 12.6. The maximum Gasteiger partial charge on any atom is 0.407 e. The fraction of sp³-hybridized carbons (Fsp3) is 0.957. The first-order valence-corrected chi connectivity index (χ1v) is 13.1. The van der Waals surface area contributed by atoms with Gasteiger partial charge in [-0.15, -0.1) is 0 Å². The van der Waals surface area contributed by atoms with Crippen LogP contribution in [0.25, 0.3) is 0 Å². The standard InChI is InChI=1S/C23H45N5O11/c1-23(2,3)39-22(34)28-10-4-8(25)18(37-21-16(32)14(27)15(31)13(7-29)36-21)17(33)19(10)38-20-9(26)5-11(30)12(6-24)35-20/h8-21,29-33H,4-7,24-27H2,1-3H3,(H,28,34)/t8-,9-,10+,11+,12-,13-,14+,15-,16-,17-,18+,19?,20-,21-/m1/s1. The van der Waals surface area contributed by atoms with Gasteiger partial charge in [-0.25, -0.2) is 4.79 Å². The Morgan fingerprint density at radius 2 is 1.51 bits per heavy atom. The van der Waals surface area contributed by atoms with Gasteiger partial charge < -0.3 is 77.5 Å². The normalized spacial score (nSPS) is 45.5. The number of nitrogens with two attached hydrogens (primary N) is 4. The summed E-state index contributed by atoms with van der Waals surface area (Å²) >= 11 is 0. The molecule has 0 aromatic rings. The Hall–Kier alpha value is -1.25. The number of hydrogen-bond acceptors (Lipinski definition) is 15. The molecule has 2 heterocycles. The topological polar surface area (TPSA) is 280 Å². The van der Waals surface area contributed by atoms with Gasteiger partial charge in [-0.3, -0.25) is 0 Å². The van der Waals surface area contributed by atoms with Crippen LogP contribution in [0.4, 0.5) is 4.79 Å². The highest BCUT2D eigenvalue weighted by Gasteiger charge is 2.51. The number of aliphatic hydroxyl groups excluding tert-OH is 5. The Morgan fingerprint density at radius 3 is 2.10 bits per heavy atom. The van der Waals surface area contributed by atoms with Gasteiger partial charge in [0.25, 0.3) is 0 Å². The Balaban J connectivity index is 1.82. The molecule has 39 heavy (non-hydrogen) atoms. The highest BCUT2D eigenvalue weighted by Crippen LogP contribution is 2.31. The van der Waals surface area contributed by atoms with E-state index in [1.807, 2.05) is 0 Å². The van der Waals surface area contributed by atoms with Crippen LogP contribution in [0.2, 0.25) is 0 Å². The molecule has 0 aromatic carbocycles. The van der Waals surface area contributed by atoms with Crippen LogP contribution in [0, 0.1) is 0 Å². The molecular formula is C23H45N5O11. The molecular weight excluding hydrogens is 522 g/mol. The molecule has 0 bridgehead atoms. The molecule has 1 unspecified atom stereocenters. The van der Waals surface area contributed by atoms with Crippen LogP contribution < -0.4 is 28.3 Å². The number of ether oxygens (including phenoxy) is 5. The molecule has 16 nitrogen and oxygen atoms in total. The van der Waals surface area contributed by atoms with E-state index < -0.39 is 104 Å². The van der Waals surface area contributed by atoms with Crippen molar-refractivity contribution in [1.29, 1.82) is 0 Å². The quantitative estimate of drug-likeness (QED) is 0.138. The molecule has 0 radical (unpaired) electrons. The summed E-state index contributed by atoms with van der Waals surface area (Å²) in [4.78, 5) is 12.6. The van der Waals surface area contributed by atoms with Crippen molar-refractivity contribution in [3.63, 3.8) is 0 Å². The van der Waals surface area contributed by atoms with Gasteiger partial charge in [0, 0.05) is 12.6 Å². The number of rotatable bonds is 7. The van der Waals surface area contributed by atoms with E-state index in [1.54, 1.807) is 20.8 Å². The van der Waals surface area contributed by atoms with Crippen LogP contribution in [-0.2, 0) is 23.7 Å². The van der Waals surface area contributed by atoms with Gasteiger partial charge in [0.1, 0.15) is 42.2 Å². The molecule has 1 saturated carbocycles. The van der Waals surface area contributed by atoms with E-state index in [0.29, 0.717) is 0 Å². The maximum atomic E-state index is 12.6. The highest BCUT2D eigenvalue weighted by molar-refractivity contribution is 5.68. The smallest absolute Gasteiger partial charge is 0.407 e. The molecule has 2 saturated heterocycles. The van der Waals surface area contributed by atoms with Gasteiger partial charge in [0.05, 0.1) is 36.9 Å². The predicted octanol–water partition coefficient (Wildman–Crippen LogP) is -4.73. The van der Waals surface area contributed by atoms with E-state index in [-0.39, 0.29) is 19.4 Å². The number of carbonyl (C=O) groups is 1. The van der Waals surface area contributed by atoms with E-state index in [9.17, 15) is 30.3 Å². The van der Waals surface area contributed by atoms with Crippen molar-refractivity contribution in [2.24, 2.45) is 22.9 Å². The van der Waals surface area contributed by atoms with Crippen LogP contribution in [-0.4, -0.2) is 136 Å². The van der Waals surface area contributed by atoms with Crippen molar-refractivity contribution in [3.8, 4) is 0 Å². The fourth-order valence-electron chi connectivity index (χ4n) is 4.99. The number of amides is 1. The largest absolute Gasteiger partial charge is 0.444 e. The first kappa shape index (κ1) is 32.3. The van der Waals surface area contributed by atoms with Gasteiger partial charge in [-0.1, -0.05) is 0 Å². The van der Waals surface area contributed by atoms with Crippen molar-refractivity contribution < 1.29 is 54.0 Å². The van der Waals surface area contributed by atoms with Crippen LogP contribution in [0.3, 0.4) is 0 Å². The number of hydrogen-bond donors (Lipinski definition) is 10. The molecule has 3 fully saturated rings. The van der Waals surface area contributed by atoms with Crippen LogP contribution in [0.5, 0.6) is 0 Å². The van der Waals surface area contributed by atoms with Crippen molar-refractivity contribution in [2.75, 3.05) is 13.2 Å². The average molecular weight is 568 g/mol. The molecule has 14 atom stereocenters. The summed E-state index contributed by atoms with van der Waals surface area (Å²) in [6.07, 6.45) is -12.9. The Bertz CT molecular complexity index is 805. The Morgan fingerprint density at radius 1 is 0.897 bits per heavy atom. The molecule has 2 aliphatic heterocycles. The van der Waals surface area contributed by atoms with E-state index in [1.165, 1.54) is 0 Å². The van der Waals surface area contributed by atoms with Crippen molar-refractivity contribution in [3.05, 3.63) is 0 Å². The zero-order valence-electron chi connectivity index (χ0n) is 22.4. The second kappa shape index (κ2) is 13.2. The Kier molecular flexibility index (Phi) is 10.9. The SMILES string of the molecule is CC(C)(C)OC(=O)N[C@H]1C[C@@H](N)[C@H](O[C@H]2O[C@H](CO)[C@@H](O)[C@H](N)[C@H]2O)[C@@H](O)C1O[C@H]1O[C@H](CN)[C@@H](O)C[C@H]1N. The number of alkyl carbamates (subject to hydrolysis) is 1. The zero-order chi connectivity index (χ0) is 29.2. The van der Waals surface area contributed by atoms with E-state index in [2.05, 4.69) is 5.32 Å². The molecule has 1 amide bonds. The average Bonchev–Trinajstić information content (AvgIpc) is 2.84. The second-order valence-electron chi connectivity index (χ2n) is 11.4. The lowest BCUT2D eigenvalue weighted by Gasteiger charge is -2.48. The van der Waals surface area contributed by atoms with E-state index in [0.717, 1.165) is 0 Å². The first-order chi connectivity index (χ1) is 18.2. The Labute approximate surface area is 226 Å². The summed E-state index contributed by atoms with van der Waals surface area (Å²) in [5, 5.41) is 54.4. The molecule has 3 rings (SSSR count). The molecule has 1 aliphatic carbocycles. The lowest BCUT2D eigenvalue weighted by atomic mass is 9.83. The molecule has 0 aromatic heterocycles. The fourth-order valence-corrected chi connectivity index (χ4v) is 4.99. The molecule has 14 N–H and O–H groups in total. The molecule has 228 valence electrons. The third-order valence-electron chi connectivity index (χ3n) is 7.07. The summed E-state index contributed by atoms with van der Waals surface area (Å²) in [5.41, 5.74) is 23.2. The van der Waals surface area contributed by atoms with E-state index in [4.69, 9.17) is 46.6 Å². The lowest BCUT2D eigenvalue weighted by molar-refractivity contribution is -0.315. The van der Waals surface area contributed by atoms with Gasteiger partial charge in [0.2, 0.25) is 0 Å². The van der Waals surface area contributed by atoms with Crippen molar-refractivity contribution in [1.82, 2.24) is 5.32 Å². The summed E-state index contributed by atoms with van der Waals surface area (Å²) in [6, 6.07) is -3.80. The summed E-state index contributed by atoms with van der Waals surface area (Å²) in [6.45, 7) is 4.47. The van der Waals surface area contributed by atoms with Gasteiger partial charge in [0.15, 0.2) is 12.6 Å². The third kappa shape index (κ3) is 7.73. The van der Waals surface area contributed by atoms with E-state index >= 15 is 0 Å². The van der Waals surface area contributed by atoms with Crippen molar-refractivity contribution >= 4 is 6.09 Å². The first-order valence-electron chi connectivity index (χ1n) is 13.1.